The highest BCUT2D eigenvalue weighted by atomic mass is 16.5. The Morgan fingerprint density at radius 3 is 1.54 bits per heavy atom. The van der Waals surface area contributed by atoms with Crippen molar-refractivity contribution in [1.29, 1.82) is 0 Å². The van der Waals surface area contributed by atoms with Crippen LogP contribution in [0.15, 0.2) is 12.2 Å². The van der Waals surface area contributed by atoms with Gasteiger partial charge in [-0.3, -0.25) is 4.79 Å². The van der Waals surface area contributed by atoms with Crippen LogP contribution in [0.25, 0.3) is 0 Å². The summed E-state index contributed by atoms with van der Waals surface area (Å²) in [6.07, 6.45) is 1.88. The topological polar surface area (TPSA) is 137 Å². The van der Waals surface area contributed by atoms with Crippen molar-refractivity contribution in [2.45, 2.75) is 46.7 Å². The fourth-order valence-corrected chi connectivity index (χ4v) is 1.82. The summed E-state index contributed by atoms with van der Waals surface area (Å²) in [7, 11) is 0. The maximum Gasteiger partial charge on any atom is 0.331 e. The minimum absolute atomic E-state index is 0.00554. The molecular weight excluding hydrogens is 342 g/mol. The van der Waals surface area contributed by atoms with Crippen molar-refractivity contribution >= 4 is 23.9 Å². The Balaban J connectivity index is 4.39. The summed E-state index contributed by atoms with van der Waals surface area (Å²) in [6.45, 7) is 8.73. The van der Waals surface area contributed by atoms with Crippen LogP contribution >= 0.6 is 0 Å². The van der Waals surface area contributed by atoms with Crippen LogP contribution in [0.2, 0.25) is 0 Å². The maximum absolute atomic E-state index is 11.6. The predicted octanol–water partition coefficient (Wildman–Crippen LogP) is 0.483. The molecule has 0 aromatic heterocycles. The number of rotatable bonds is 10. The van der Waals surface area contributed by atoms with Crippen LogP contribution in [-0.2, 0) is 23.9 Å². The van der Waals surface area contributed by atoms with E-state index in [0.29, 0.717) is 0 Å². The monoisotopic (exact) mass is 371 g/mol. The highest BCUT2D eigenvalue weighted by molar-refractivity contribution is 5.91. The van der Waals surface area contributed by atoms with Gasteiger partial charge < -0.3 is 25.8 Å². The number of esters is 2. The number of amides is 3. The molecule has 26 heavy (non-hydrogen) atoms. The molecule has 0 saturated heterocycles. The van der Waals surface area contributed by atoms with E-state index >= 15 is 0 Å². The van der Waals surface area contributed by atoms with Crippen LogP contribution in [-0.4, -0.2) is 49.2 Å². The third-order valence-electron chi connectivity index (χ3n) is 3.49. The summed E-state index contributed by atoms with van der Waals surface area (Å²) in [5, 5.41) is 5.15. The van der Waals surface area contributed by atoms with Gasteiger partial charge in [0.05, 0.1) is 12.1 Å². The van der Waals surface area contributed by atoms with Gasteiger partial charge in [-0.1, -0.05) is 27.7 Å². The van der Waals surface area contributed by atoms with Gasteiger partial charge >= 0.3 is 18.0 Å². The van der Waals surface area contributed by atoms with Crippen molar-refractivity contribution in [1.82, 2.24) is 10.6 Å². The Morgan fingerprint density at radius 1 is 0.846 bits per heavy atom. The van der Waals surface area contributed by atoms with Gasteiger partial charge in [0.2, 0.25) is 5.91 Å². The molecule has 0 aromatic carbocycles. The molecule has 0 unspecified atom stereocenters. The summed E-state index contributed by atoms with van der Waals surface area (Å²) in [4.78, 5) is 45.3. The van der Waals surface area contributed by atoms with Gasteiger partial charge in [0.25, 0.3) is 0 Å². The average Bonchev–Trinajstić information content (AvgIpc) is 2.52. The lowest BCUT2D eigenvalue weighted by Gasteiger charge is -2.21. The summed E-state index contributed by atoms with van der Waals surface area (Å²) in [5.74, 6) is -1.62. The minimum atomic E-state index is -0.749. The number of carbonyl (C=O) groups is 4. The molecule has 0 aromatic rings. The second kappa shape index (κ2) is 11.9. The molecule has 3 amide bonds. The number of nitrogens with one attached hydrogen (secondary N) is 2. The predicted molar refractivity (Wildman–Crippen MR) is 94.8 cm³/mol. The van der Waals surface area contributed by atoms with Crippen molar-refractivity contribution in [3.63, 3.8) is 0 Å². The fraction of sp³-hybridized carbons (Fsp3) is 0.647. The zero-order valence-electron chi connectivity index (χ0n) is 15.9. The van der Waals surface area contributed by atoms with Crippen molar-refractivity contribution < 1.29 is 28.7 Å². The van der Waals surface area contributed by atoms with Crippen molar-refractivity contribution in [3.05, 3.63) is 12.2 Å². The zero-order valence-corrected chi connectivity index (χ0v) is 15.9. The van der Waals surface area contributed by atoms with Crippen LogP contribution < -0.4 is 16.4 Å². The van der Waals surface area contributed by atoms with Gasteiger partial charge in [0.15, 0.2) is 0 Å². The molecule has 0 aliphatic rings. The third-order valence-corrected chi connectivity index (χ3v) is 3.49. The summed E-state index contributed by atoms with van der Waals surface area (Å²) in [5.41, 5.74) is 5.05. The minimum Gasteiger partial charge on any atom is -0.460 e. The van der Waals surface area contributed by atoms with Crippen LogP contribution in [0.5, 0.6) is 0 Å². The van der Waals surface area contributed by atoms with Gasteiger partial charge in [-0.25, -0.2) is 14.4 Å². The second-order valence-corrected chi connectivity index (χ2v) is 6.50. The number of primary amides is 1. The van der Waals surface area contributed by atoms with E-state index in [9.17, 15) is 19.2 Å². The second-order valence-electron chi connectivity index (χ2n) is 6.50. The molecular formula is C17H29N3O6. The van der Waals surface area contributed by atoms with Crippen LogP contribution in [0, 0.1) is 11.8 Å². The van der Waals surface area contributed by atoms with E-state index in [1.165, 1.54) is 6.92 Å². The van der Waals surface area contributed by atoms with Crippen LogP contribution in [0.3, 0.4) is 0 Å². The Labute approximate surface area is 153 Å². The Bertz CT molecular complexity index is 485. The lowest BCUT2D eigenvalue weighted by Crippen LogP contribution is -2.44. The van der Waals surface area contributed by atoms with E-state index in [0.717, 1.165) is 12.2 Å². The molecule has 2 atom stereocenters. The van der Waals surface area contributed by atoms with E-state index in [-0.39, 0.29) is 37.0 Å². The van der Waals surface area contributed by atoms with Crippen molar-refractivity contribution in [2.75, 3.05) is 13.2 Å². The molecule has 0 fully saturated rings. The summed E-state index contributed by atoms with van der Waals surface area (Å²) in [6, 6.07) is -1.46. The Kier molecular flexibility index (Phi) is 10.7. The first-order chi connectivity index (χ1) is 12.0. The first-order valence-corrected chi connectivity index (χ1v) is 8.37. The molecule has 148 valence electrons. The summed E-state index contributed by atoms with van der Waals surface area (Å²) >= 11 is 0. The quantitative estimate of drug-likeness (QED) is 0.377. The normalized spacial score (nSPS) is 13.3. The summed E-state index contributed by atoms with van der Waals surface area (Å²) < 4.78 is 9.98. The molecule has 0 radical (unpaired) electrons. The first-order valence-electron chi connectivity index (χ1n) is 8.37. The zero-order chi connectivity index (χ0) is 20.3. The molecule has 0 heterocycles. The first kappa shape index (κ1) is 23.4. The van der Waals surface area contributed by atoms with Gasteiger partial charge in [-0.05, 0) is 11.8 Å². The molecule has 0 spiro atoms. The van der Waals surface area contributed by atoms with Crippen molar-refractivity contribution in [3.8, 4) is 0 Å². The molecule has 0 rings (SSSR count). The highest BCUT2D eigenvalue weighted by Gasteiger charge is 2.17. The number of urea groups is 1. The van der Waals surface area contributed by atoms with E-state index in [4.69, 9.17) is 15.2 Å². The number of ether oxygens (including phenoxy) is 2. The molecule has 0 saturated carbocycles. The SMILES string of the molecule is CC(=O)N[C@@H](COC(=O)/C=C/C(=O)OC[C@H](NC(N)=O)C(C)C)C(C)C. The molecule has 9 heteroatoms. The largest absolute Gasteiger partial charge is 0.460 e. The molecule has 0 aliphatic heterocycles. The Morgan fingerprint density at radius 2 is 1.23 bits per heavy atom. The van der Waals surface area contributed by atoms with E-state index < -0.39 is 24.0 Å². The van der Waals surface area contributed by atoms with E-state index in [1.54, 1.807) is 0 Å². The number of carbonyl (C=O) groups excluding carboxylic acids is 4. The lowest BCUT2D eigenvalue weighted by molar-refractivity contribution is -0.141. The molecule has 9 nitrogen and oxygen atoms in total. The van der Waals surface area contributed by atoms with E-state index in [2.05, 4.69) is 10.6 Å². The number of nitrogens with two attached hydrogens (primary N) is 1. The van der Waals surface area contributed by atoms with Gasteiger partial charge in [0.1, 0.15) is 13.2 Å². The maximum atomic E-state index is 11.6. The van der Waals surface area contributed by atoms with Gasteiger partial charge in [-0.15, -0.1) is 0 Å². The lowest BCUT2D eigenvalue weighted by atomic mass is 10.1. The molecule has 4 N–H and O–H groups in total. The smallest absolute Gasteiger partial charge is 0.331 e. The third kappa shape index (κ3) is 11.1. The molecule has 0 bridgehead atoms. The van der Waals surface area contributed by atoms with Crippen LogP contribution in [0.4, 0.5) is 4.79 Å². The number of hydrogen-bond acceptors (Lipinski definition) is 6. The highest BCUT2D eigenvalue weighted by Crippen LogP contribution is 2.04. The fourth-order valence-electron chi connectivity index (χ4n) is 1.82. The van der Waals surface area contributed by atoms with Gasteiger partial charge in [0, 0.05) is 19.1 Å². The Hall–Kier alpha value is -2.58. The van der Waals surface area contributed by atoms with Crippen molar-refractivity contribution in [2.24, 2.45) is 17.6 Å². The van der Waals surface area contributed by atoms with Crippen LogP contribution in [0.1, 0.15) is 34.6 Å². The molecule has 0 aliphatic carbocycles. The number of hydrogen-bond donors (Lipinski definition) is 3. The standard InChI is InChI=1S/C17H29N3O6/c1-10(2)13(19-12(5)21)8-25-15(22)6-7-16(23)26-9-14(11(3)4)20-17(18)24/h6-7,10-11,13-14H,8-9H2,1-5H3,(H,19,21)(H3,18,20,24)/b7-6+/t13-,14-/m0/s1. The average molecular weight is 371 g/mol. The van der Waals surface area contributed by atoms with Gasteiger partial charge in [-0.2, -0.15) is 0 Å². The van der Waals surface area contributed by atoms with E-state index in [1.807, 2.05) is 27.7 Å².